The minimum absolute atomic E-state index is 0.163. The Balaban J connectivity index is 1.76. The van der Waals surface area contributed by atoms with Gasteiger partial charge in [0.05, 0.1) is 11.6 Å². The highest BCUT2D eigenvalue weighted by molar-refractivity contribution is 6.42. The van der Waals surface area contributed by atoms with Crippen molar-refractivity contribution in [3.63, 3.8) is 0 Å². The number of hydrogen-bond donors (Lipinski definition) is 1. The second-order valence-electron chi connectivity index (χ2n) is 5.48. The molecule has 1 aromatic carbocycles. The molecule has 0 aliphatic carbocycles. The molecule has 2 rings (SSSR count). The minimum atomic E-state index is 0.163. The average molecular weight is 345 g/mol. The fourth-order valence-electron chi connectivity index (χ4n) is 2.72. The van der Waals surface area contributed by atoms with E-state index in [1.807, 2.05) is 4.90 Å². The molecule has 1 heterocycles. The SMILES string of the molecule is NCC1CCCCN1C(=O)CCCOc1cccc(Cl)c1Cl. The van der Waals surface area contributed by atoms with E-state index in [1.54, 1.807) is 18.2 Å². The van der Waals surface area contributed by atoms with E-state index < -0.39 is 0 Å². The van der Waals surface area contributed by atoms with Crippen LogP contribution in [0, 0.1) is 0 Å². The van der Waals surface area contributed by atoms with E-state index in [9.17, 15) is 4.79 Å². The number of halogens is 2. The molecular weight excluding hydrogens is 323 g/mol. The van der Waals surface area contributed by atoms with Crippen LogP contribution in [0.1, 0.15) is 32.1 Å². The molecule has 6 heteroatoms. The maximum absolute atomic E-state index is 12.3. The van der Waals surface area contributed by atoms with E-state index in [4.69, 9.17) is 33.7 Å². The summed E-state index contributed by atoms with van der Waals surface area (Å²) in [5.41, 5.74) is 5.75. The lowest BCUT2D eigenvalue weighted by atomic mass is 10.0. The molecule has 1 aliphatic heterocycles. The Labute approximate surface area is 141 Å². The van der Waals surface area contributed by atoms with Gasteiger partial charge in [0.1, 0.15) is 10.8 Å². The van der Waals surface area contributed by atoms with Crippen LogP contribution in [0.3, 0.4) is 0 Å². The van der Waals surface area contributed by atoms with Gasteiger partial charge in [0.2, 0.25) is 5.91 Å². The molecule has 22 heavy (non-hydrogen) atoms. The van der Waals surface area contributed by atoms with Gasteiger partial charge in [-0.2, -0.15) is 0 Å². The van der Waals surface area contributed by atoms with Gasteiger partial charge in [-0.05, 0) is 37.8 Å². The Morgan fingerprint density at radius 1 is 1.36 bits per heavy atom. The van der Waals surface area contributed by atoms with Crippen LogP contribution >= 0.6 is 23.2 Å². The van der Waals surface area contributed by atoms with Crippen LogP contribution < -0.4 is 10.5 Å². The molecular formula is C16H22Cl2N2O2. The Kier molecular flexibility index (Phi) is 6.80. The van der Waals surface area contributed by atoms with E-state index in [2.05, 4.69) is 0 Å². The largest absolute Gasteiger partial charge is 0.492 e. The van der Waals surface area contributed by atoms with Gasteiger partial charge in [0.25, 0.3) is 0 Å². The van der Waals surface area contributed by atoms with Gasteiger partial charge in [0, 0.05) is 25.6 Å². The Bertz CT molecular complexity index is 511. The van der Waals surface area contributed by atoms with E-state index in [0.29, 0.717) is 41.8 Å². The van der Waals surface area contributed by atoms with Crippen LogP contribution in [0.5, 0.6) is 5.75 Å². The first-order valence-corrected chi connectivity index (χ1v) is 8.45. The molecule has 0 bridgehead atoms. The molecule has 2 N–H and O–H groups in total. The van der Waals surface area contributed by atoms with Gasteiger partial charge < -0.3 is 15.4 Å². The van der Waals surface area contributed by atoms with Gasteiger partial charge in [-0.1, -0.05) is 29.3 Å². The number of carbonyl (C=O) groups excluding carboxylic acids is 1. The second kappa shape index (κ2) is 8.61. The smallest absolute Gasteiger partial charge is 0.222 e. The zero-order chi connectivity index (χ0) is 15.9. The predicted molar refractivity (Wildman–Crippen MR) is 89.6 cm³/mol. The number of amides is 1. The molecule has 1 saturated heterocycles. The van der Waals surface area contributed by atoms with Crippen LogP contribution in [-0.4, -0.2) is 36.5 Å². The van der Waals surface area contributed by atoms with E-state index in [-0.39, 0.29) is 11.9 Å². The lowest BCUT2D eigenvalue weighted by Crippen LogP contribution is -2.47. The standard InChI is InChI=1S/C16H22Cl2N2O2/c17-13-6-3-7-14(16(13)18)22-10-4-8-15(21)20-9-2-1-5-12(20)11-19/h3,6-7,12H,1-2,4-5,8-11,19H2. The first-order chi connectivity index (χ1) is 10.6. The van der Waals surface area contributed by atoms with Crippen molar-refractivity contribution in [1.82, 2.24) is 4.90 Å². The molecule has 0 aromatic heterocycles. The van der Waals surface area contributed by atoms with Crippen molar-refractivity contribution < 1.29 is 9.53 Å². The van der Waals surface area contributed by atoms with Crippen molar-refractivity contribution in [2.75, 3.05) is 19.7 Å². The fraction of sp³-hybridized carbons (Fsp3) is 0.562. The molecule has 1 unspecified atom stereocenters. The van der Waals surface area contributed by atoms with Crippen LogP contribution in [0.4, 0.5) is 0 Å². The molecule has 4 nitrogen and oxygen atoms in total. The van der Waals surface area contributed by atoms with Gasteiger partial charge in [-0.25, -0.2) is 0 Å². The highest BCUT2D eigenvalue weighted by Crippen LogP contribution is 2.31. The Morgan fingerprint density at radius 2 is 2.18 bits per heavy atom. The lowest BCUT2D eigenvalue weighted by molar-refractivity contribution is -0.134. The quantitative estimate of drug-likeness (QED) is 0.803. The maximum atomic E-state index is 12.3. The fourth-order valence-corrected chi connectivity index (χ4v) is 3.06. The third-order valence-electron chi connectivity index (χ3n) is 3.93. The number of nitrogens with zero attached hydrogens (tertiary/aromatic N) is 1. The maximum Gasteiger partial charge on any atom is 0.222 e. The summed E-state index contributed by atoms with van der Waals surface area (Å²) in [6.45, 7) is 1.80. The summed E-state index contributed by atoms with van der Waals surface area (Å²) >= 11 is 12.0. The highest BCUT2D eigenvalue weighted by Gasteiger charge is 2.24. The summed E-state index contributed by atoms with van der Waals surface area (Å²) in [5, 5.41) is 0.879. The number of piperidine rings is 1. The third-order valence-corrected chi connectivity index (χ3v) is 4.73. The second-order valence-corrected chi connectivity index (χ2v) is 6.26. The van der Waals surface area contributed by atoms with Gasteiger partial charge in [-0.15, -0.1) is 0 Å². The average Bonchev–Trinajstić information content (AvgIpc) is 2.55. The van der Waals surface area contributed by atoms with E-state index in [1.165, 1.54) is 0 Å². The summed E-state index contributed by atoms with van der Waals surface area (Å²) in [5.74, 6) is 0.718. The van der Waals surface area contributed by atoms with E-state index in [0.717, 1.165) is 25.8 Å². The number of ether oxygens (including phenoxy) is 1. The molecule has 0 spiro atoms. The Hall–Kier alpha value is -0.970. The first kappa shape index (κ1) is 17.4. The molecule has 122 valence electrons. The monoisotopic (exact) mass is 344 g/mol. The van der Waals surface area contributed by atoms with Crippen LogP contribution in [0.15, 0.2) is 18.2 Å². The normalized spacial score (nSPS) is 18.3. The molecule has 1 aliphatic rings. The molecule has 1 amide bonds. The van der Waals surface area contributed by atoms with Crippen LogP contribution in [-0.2, 0) is 4.79 Å². The van der Waals surface area contributed by atoms with Crippen molar-refractivity contribution >= 4 is 29.1 Å². The molecule has 0 saturated carbocycles. The molecule has 1 fully saturated rings. The number of nitrogens with two attached hydrogens (primary N) is 1. The van der Waals surface area contributed by atoms with Gasteiger partial charge in [0.15, 0.2) is 0 Å². The lowest BCUT2D eigenvalue weighted by Gasteiger charge is -2.35. The summed E-state index contributed by atoms with van der Waals surface area (Å²) in [6.07, 6.45) is 4.35. The number of benzene rings is 1. The summed E-state index contributed by atoms with van der Waals surface area (Å²) < 4.78 is 5.60. The van der Waals surface area contributed by atoms with Crippen molar-refractivity contribution in [2.45, 2.75) is 38.1 Å². The summed E-state index contributed by atoms with van der Waals surface area (Å²) in [6, 6.07) is 5.47. The molecule has 1 aromatic rings. The predicted octanol–water partition coefficient (Wildman–Crippen LogP) is 3.49. The third kappa shape index (κ3) is 4.51. The topological polar surface area (TPSA) is 55.6 Å². The van der Waals surface area contributed by atoms with Crippen LogP contribution in [0.25, 0.3) is 0 Å². The van der Waals surface area contributed by atoms with Crippen molar-refractivity contribution in [1.29, 1.82) is 0 Å². The summed E-state index contributed by atoms with van der Waals surface area (Å²) in [4.78, 5) is 14.2. The zero-order valence-electron chi connectivity index (χ0n) is 12.6. The molecule has 1 atom stereocenters. The number of carbonyl (C=O) groups is 1. The van der Waals surface area contributed by atoms with Crippen LogP contribution in [0.2, 0.25) is 10.0 Å². The number of rotatable bonds is 6. The zero-order valence-corrected chi connectivity index (χ0v) is 14.1. The Morgan fingerprint density at radius 3 is 2.95 bits per heavy atom. The molecule has 0 radical (unpaired) electrons. The van der Waals surface area contributed by atoms with Gasteiger partial charge in [-0.3, -0.25) is 4.79 Å². The van der Waals surface area contributed by atoms with Gasteiger partial charge >= 0.3 is 0 Å². The van der Waals surface area contributed by atoms with Crippen molar-refractivity contribution in [2.24, 2.45) is 5.73 Å². The number of likely N-dealkylation sites (tertiary alicyclic amines) is 1. The number of hydrogen-bond acceptors (Lipinski definition) is 3. The highest BCUT2D eigenvalue weighted by atomic mass is 35.5. The summed E-state index contributed by atoms with van der Waals surface area (Å²) in [7, 11) is 0. The first-order valence-electron chi connectivity index (χ1n) is 7.70. The van der Waals surface area contributed by atoms with E-state index >= 15 is 0 Å². The van der Waals surface area contributed by atoms with Crippen molar-refractivity contribution in [3.05, 3.63) is 28.2 Å². The van der Waals surface area contributed by atoms with Crippen molar-refractivity contribution in [3.8, 4) is 5.75 Å². The minimum Gasteiger partial charge on any atom is -0.492 e.